The molecule has 0 aromatic carbocycles. The summed E-state index contributed by atoms with van der Waals surface area (Å²) in [6.07, 6.45) is 7.45. The van der Waals surface area contributed by atoms with Crippen molar-refractivity contribution < 1.29 is 4.79 Å². The summed E-state index contributed by atoms with van der Waals surface area (Å²) in [5.41, 5.74) is -0.441. The van der Waals surface area contributed by atoms with Gasteiger partial charge in [0.05, 0.1) is 11.6 Å². The topological polar surface area (TPSA) is 68.5 Å². The lowest BCUT2D eigenvalue weighted by atomic mass is 9.82. The van der Waals surface area contributed by atoms with E-state index in [2.05, 4.69) is 16.3 Å². The predicted molar refractivity (Wildman–Crippen MR) is 71.3 cm³/mol. The first-order valence-electron chi connectivity index (χ1n) is 7.30. The molecule has 0 radical (unpaired) electrons. The number of hydrogen-bond acceptors (Lipinski definition) is 4. The quantitative estimate of drug-likeness (QED) is 0.716. The minimum atomic E-state index is -0.608. The van der Waals surface area contributed by atoms with E-state index in [1.54, 1.807) is 0 Å². The maximum atomic E-state index is 12.2. The molecule has 1 saturated carbocycles. The number of nitrogens with one attached hydrogen (secondary N) is 1. The van der Waals surface area contributed by atoms with Crippen LogP contribution in [0.5, 0.6) is 0 Å². The normalized spacial score (nSPS) is 29.8. The molecule has 2 aliphatic heterocycles. The van der Waals surface area contributed by atoms with Crippen LogP contribution in [0.15, 0.2) is 4.99 Å². The van der Waals surface area contributed by atoms with Crippen LogP contribution in [-0.2, 0) is 4.79 Å². The van der Waals surface area contributed by atoms with Crippen molar-refractivity contribution in [2.45, 2.75) is 50.5 Å². The number of hydrogen-bond donors (Lipinski definition) is 1. The molecule has 2 heterocycles. The van der Waals surface area contributed by atoms with Gasteiger partial charge in [-0.2, -0.15) is 5.26 Å². The largest absolute Gasteiger partial charge is 0.343 e. The zero-order valence-electron chi connectivity index (χ0n) is 11.2. The highest BCUT2D eigenvalue weighted by Crippen LogP contribution is 2.41. The minimum absolute atomic E-state index is 0.153. The van der Waals surface area contributed by atoms with Crippen molar-refractivity contribution in [3.63, 3.8) is 0 Å². The van der Waals surface area contributed by atoms with E-state index in [1.165, 1.54) is 6.42 Å². The third-order valence-corrected chi connectivity index (χ3v) is 4.62. The molecule has 0 aromatic heterocycles. The molecule has 102 valence electrons. The third-order valence-electron chi connectivity index (χ3n) is 4.62. The lowest BCUT2D eigenvalue weighted by Crippen LogP contribution is -2.57. The minimum Gasteiger partial charge on any atom is -0.343 e. The predicted octanol–water partition coefficient (Wildman–Crippen LogP) is 1.41. The number of carbonyl (C=O) groups excluding carboxylic acids is 1. The van der Waals surface area contributed by atoms with Crippen LogP contribution in [0.3, 0.4) is 0 Å². The molecule has 3 rings (SSSR count). The Morgan fingerprint density at radius 2 is 1.89 bits per heavy atom. The second kappa shape index (κ2) is 4.84. The molecule has 5 nitrogen and oxygen atoms in total. The number of nitrogens with zero attached hydrogens (tertiary/aromatic N) is 3. The number of rotatable bonds is 0. The highest BCUT2D eigenvalue weighted by Gasteiger charge is 2.49. The average molecular weight is 260 g/mol. The van der Waals surface area contributed by atoms with Gasteiger partial charge in [0.2, 0.25) is 11.9 Å². The Bertz CT molecular complexity index is 439. The SMILES string of the molecule is N#CC1C(=O)NC(N2CCCCC2)=NC12CCCC2. The molecule has 1 spiro atoms. The third kappa shape index (κ3) is 2.09. The Morgan fingerprint density at radius 1 is 1.21 bits per heavy atom. The Labute approximate surface area is 113 Å². The molecule has 1 aliphatic carbocycles. The molecule has 1 unspecified atom stereocenters. The van der Waals surface area contributed by atoms with Crippen LogP contribution < -0.4 is 5.32 Å². The van der Waals surface area contributed by atoms with Crippen LogP contribution in [0.1, 0.15) is 44.9 Å². The molecule has 0 bridgehead atoms. The summed E-state index contributed by atoms with van der Waals surface area (Å²) >= 11 is 0. The summed E-state index contributed by atoms with van der Waals surface area (Å²) in [5.74, 6) is -0.0402. The van der Waals surface area contributed by atoms with E-state index >= 15 is 0 Å². The highest BCUT2D eigenvalue weighted by atomic mass is 16.2. The van der Waals surface area contributed by atoms with Crippen LogP contribution in [0, 0.1) is 17.2 Å². The molecule has 3 aliphatic rings. The standard InChI is InChI=1S/C14H20N4O/c15-10-11-12(19)16-13(18-8-4-1-5-9-18)17-14(11)6-2-3-7-14/h11H,1-9H2,(H,16,17,19). The molecule has 1 atom stereocenters. The molecule has 5 heteroatoms. The van der Waals surface area contributed by atoms with Crippen molar-refractivity contribution in [3.05, 3.63) is 0 Å². The first kappa shape index (κ1) is 12.5. The maximum Gasteiger partial charge on any atom is 0.246 e. The van der Waals surface area contributed by atoms with Gasteiger partial charge in [-0.3, -0.25) is 10.1 Å². The van der Waals surface area contributed by atoms with Gasteiger partial charge < -0.3 is 4.90 Å². The van der Waals surface area contributed by atoms with Crippen molar-refractivity contribution in [3.8, 4) is 6.07 Å². The van der Waals surface area contributed by atoms with Crippen molar-refractivity contribution in [2.24, 2.45) is 10.9 Å². The molecule has 1 saturated heterocycles. The number of guanidine groups is 1. The van der Waals surface area contributed by atoms with Crippen molar-refractivity contribution in [1.29, 1.82) is 5.26 Å². The monoisotopic (exact) mass is 260 g/mol. The molecule has 1 N–H and O–H groups in total. The highest BCUT2D eigenvalue weighted by molar-refractivity contribution is 6.02. The number of nitriles is 1. The van der Waals surface area contributed by atoms with Crippen molar-refractivity contribution in [2.75, 3.05) is 13.1 Å². The first-order chi connectivity index (χ1) is 9.25. The first-order valence-corrected chi connectivity index (χ1v) is 7.30. The van der Waals surface area contributed by atoms with Gasteiger partial charge in [0.1, 0.15) is 0 Å². The summed E-state index contributed by atoms with van der Waals surface area (Å²) in [6, 6.07) is 2.17. The summed E-state index contributed by atoms with van der Waals surface area (Å²) < 4.78 is 0. The summed E-state index contributed by atoms with van der Waals surface area (Å²) in [6.45, 7) is 1.93. The molecule has 1 amide bonds. The number of aliphatic imine (C=N–C) groups is 1. The summed E-state index contributed by atoms with van der Waals surface area (Å²) in [5, 5.41) is 12.1. The van der Waals surface area contributed by atoms with Gasteiger partial charge in [0.25, 0.3) is 0 Å². The van der Waals surface area contributed by atoms with E-state index in [-0.39, 0.29) is 5.91 Å². The van der Waals surface area contributed by atoms with E-state index in [0.717, 1.165) is 57.6 Å². The number of carbonyl (C=O) groups is 1. The number of piperidine rings is 1. The van der Waals surface area contributed by atoms with Gasteiger partial charge in [-0.15, -0.1) is 0 Å². The summed E-state index contributed by atoms with van der Waals surface area (Å²) in [7, 11) is 0. The van der Waals surface area contributed by atoms with Gasteiger partial charge in [0.15, 0.2) is 5.92 Å². The fourth-order valence-corrected chi connectivity index (χ4v) is 3.55. The molecule has 0 aromatic rings. The van der Waals surface area contributed by atoms with E-state index in [9.17, 15) is 10.1 Å². The second-order valence-corrected chi connectivity index (χ2v) is 5.85. The van der Waals surface area contributed by atoms with Crippen LogP contribution in [0.25, 0.3) is 0 Å². The van der Waals surface area contributed by atoms with Gasteiger partial charge in [-0.1, -0.05) is 12.8 Å². The summed E-state index contributed by atoms with van der Waals surface area (Å²) in [4.78, 5) is 19.2. The molecular weight excluding hydrogens is 240 g/mol. The van der Waals surface area contributed by atoms with Gasteiger partial charge in [-0.05, 0) is 32.1 Å². The van der Waals surface area contributed by atoms with Crippen LogP contribution in [-0.4, -0.2) is 35.4 Å². The Kier molecular flexibility index (Phi) is 3.17. The molecule has 2 fully saturated rings. The van der Waals surface area contributed by atoms with E-state index in [0.29, 0.717) is 0 Å². The lowest BCUT2D eigenvalue weighted by Gasteiger charge is -2.38. The smallest absolute Gasteiger partial charge is 0.246 e. The van der Waals surface area contributed by atoms with E-state index in [1.807, 2.05) is 0 Å². The second-order valence-electron chi connectivity index (χ2n) is 5.85. The molecule has 19 heavy (non-hydrogen) atoms. The Hall–Kier alpha value is -1.57. The number of amides is 1. The maximum absolute atomic E-state index is 12.2. The van der Waals surface area contributed by atoms with Crippen molar-refractivity contribution in [1.82, 2.24) is 10.2 Å². The zero-order chi connectivity index (χ0) is 13.3. The van der Waals surface area contributed by atoms with E-state index < -0.39 is 11.5 Å². The van der Waals surface area contributed by atoms with Crippen molar-refractivity contribution >= 4 is 11.9 Å². The fourth-order valence-electron chi connectivity index (χ4n) is 3.55. The zero-order valence-corrected chi connectivity index (χ0v) is 11.2. The van der Waals surface area contributed by atoms with Crippen LogP contribution in [0.4, 0.5) is 0 Å². The average Bonchev–Trinajstić information content (AvgIpc) is 2.88. The number of likely N-dealkylation sites (tertiary alicyclic amines) is 1. The van der Waals surface area contributed by atoms with E-state index in [4.69, 9.17) is 4.99 Å². The van der Waals surface area contributed by atoms with Gasteiger partial charge in [0, 0.05) is 13.1 Å². The van der Waals surface area contributed by atoms with Crippen LogP contribution in [0.2, 0.25) is 0 Å². The Morgan fingerprint density at radius 3 is 2.53 bits per heavy atom. The Balaban J connectivity index is 1.91. The van der Waals surface area contributed by atoms with Crippen LogP contribution >= 0.6 is 0 Å². The fraction of sp³-hybridized carbons (Fsp3) is 0.786. The van der Waals surface area contributed by atoms with Gasteiger partial charge in [-0.25, -0.2) is 4.99 Å². The molecular formula is C14H20N4O. The lowest BCUT2D eigenvalue weighted by molar-refractivity contribution is -0.124. The van der Waals surface area contributed by atoms with Gasteiger partial charge >= 0.3 is 0 Å².